The van der Waals surface area contributed by atoms with Gasteiger partial charge in [0.25, 0.3) is 15.9 Å². The van der Waals surface area contributed by atoms with Gasteiger partial charge in [0.05, 0.1) is 17.2 Å². The van der Waals surface area contributed by atoms with Crippen LogP contribution in [-0.2, 0) is 16.4 Å². The van der Waals surface area contributed by atoms with E-state index in [-0.39, 0.29) is 10.8 Å². The maximum atomic E-state index is 12.9. The number of carbonyl (C=O) groups excluding carboxylic acids is 1. The van der Waals surface area contributed by atoms with Crippen molar-refractivity contribution in [2.24, 2.45) is 0 Å². The van der Waals surface area contributed by atoms with E-state index >= 15 is 0 Å². The fraction of sp³-hybridized carbons (Fsp3) is 0.269. The van der Waals surface area contributed by atoms with Crippen LogP contribution in [0.2, 0.25) is 0 Å². The van der Waals surface area contributed by atoms with Crippen molar-refractivity contribution in [2.45, 2.75) is 31.6 Å². The molecule has 174 valence electrons. The number of nitrogens with zero attached hydrogens (tertiary/aromatic N) is 1. The number of carbonyl (C=O) groups is 1. The second kappa shape index (κ2) is 11.0. The van der Waals surface area contributed by atoms with E-state index in [2.05, 4.69) is 5.32 Å². The fourth-order valence-electron chi connectivity index (χ4n) is 3.42. The minimum absolute atomic E-state index is 0.191. The van der Waals surface area contributed by atoms with Gasteiger partial charge in [-0.1, -0.05) is 35.9 Å². The summed E-state index contributed by atoms with van der Waals surface area (Å²) in [6, 6.07) is 21.2. The normalized spacial score (nSPS) is 11.1. The first-order valence-corrected chi connectivity index (χ1v) is 12.4. The zero-order valence-corrected chi connectivity index (χ0v) is 20.1. The summed E-state index contributed by atoms with van der Waals surface area (Å²) in [6.45, 7) is 5.01. The minimum Gasteiger partial charge on any atom is -0.494 e. The lowest BCUT2D eigenvalue weighted by Gasteiger charge is -2.20. The Morgan fingerprint density at radius 1 is 0.970 bits per heavy atom. The van der Waals surface area contributed by atoms with Crippen molar-refractivity contribution in [3.05, 3.63) is 89.5 Å². The van der Waals surface area contributed by atoms with Crippen LogP contribution in [0.15, 0.2) is 77.7 Å². The molecule has 0 aromatic heterocycles. The third-order valence-corrected chi connectivity index (χ3v) is 7.15. The molecule has 0 radical (unpaired) electrons. The molecule has 3 aromatic rings. The molecule has 0 spiro atoms. The van der Waals surface area contributed by atoms with Crippen LogP contribution in [-0.4, -0.2) is 34.5 Å². The van der Waals surface area contributed by atoms with E-state index < -0.39 is 10.0 Å². The van der Waals surface area contributed by atoms with Crippen molar-refractivity contribution in [3.63, 3.8) is 0 Å². The number of para-hydroxylation sites is 1. The van der Waals surface area contributed by atoms with Gasteiger partial charge in [0, 0.05) is 19.2 Å². The second-order valence-electron chi connectivity index (χ2n) is 7.73. The van der Waals surface area contributed by atoms with Gasteiger partial charge in [0.15, 0.2) is 0 Å². The first-order valence-electron chi connectivity index (χ1n) is 11.0. The summed E-state index contributed by atoms with van der Waals surface area (Å²) in [5, 5.41) is 2.92. The molecule has 0 saturated carbocycles. The van der Waals surface area contributed by atoms with Crippen LogP contribution in [0.4, 0.5) is 5.69 Å². The highest BCUT2D eigenvalue weighted by Crippen LogP contribution is 2.23. The number of hydrogen-bond donors (Lipinski definition) is 1. The average Bonchev–Trinajstić information content (AvgIpc) is 2.82. The summed E-state index contributed by atoms with van der Waals surface area (Å²) in [4.78, 5) is 12.7. The lowest BCUT2D eigenvalue weighted by Crippen LogP contribution is -2.27. The van der Waals surface area contributed by atoms with Gasteiger partial charge in [-0.05, 0) is 74.7 Å². The van der Waals surface area contributed by atoms with Gasteiger partial charge in [0.1, 0.15) is 5.75 Å². The molecule has 0 fully saturated rings. The molecule has 0 aliphatic heterocycles. The monoisotopic (exact) mass is 466 g/mol. The Kier molecular flexibility index (Phi) is 8.11. The summed E-state index contributed by atoms with van der Waals surface area (Å²) >= 11 is 0. The third-order valence-electron chi connectivity index (χ3n) is 5.35. The van der Waals surface area contributed by atoms with Gasteiger partial charge in [0.2, 0.25) is 0 Å². The molecule has 33 heavy (non-hydrogen) atoms. The Labute approximate surface area is 196 Å². The molecule has 0 unspecified atom stereocenters. The van der Waals surface area contributed by atoms with Gasteiger partial charge < -0.3 is 10.1 Å². The van der Waals surface area contributed by atoms with Crippen molar-refractivity contribution >= 4 is 21.6 Å². The highest BCUT2D eigenvalue weighted by Gasteiger charge is 2.21. The number of benzene rings is 3. The zero-order valence-electron chi connectivity index (χ0n) is 19.2. The van der Waals surface area contributed by atoms with Crippen molar-refractivity contribution in [3.8, 4) is 5.75 Å². The maximum absolute atomic E-state index is 12.9. The van der Waals surface area contributed by atoms with E-state index in [1.165, 1.54) is 11.4 Å². The number of sulfonamides is 1. The van der Waals surface area contributed by atoms with Crippen LogP contribution in [0.25, 0.3) is 0 Å². The second-order valence-corrected chi connectivity index (χ2v) is 9.70. The summed E-state index contributed by atoms with van der Waals surface area (Å²) in [7, 11) is -2.17. The molecule has 0 aliphatic carbocycles. The molecule has 1 N–H and O–H groups in total. The van der Waals surface area contributed by atoms with Crippen LogP contribution < -0.4 is 14.4 Å². The largest absolute Gasteiger partial charge is 0.494 e. The number of ether oxygens (including phenoxy) is 1. The van der Waals surface area contributed by atoms with Crippen LogP contribution in [0.1, 0.15) is 34.8 Å². The number of hydrogen-bond acceptors (Lipinski definition) is 4. The Balaban J connectivity index is 1.56. The van der Waals surface area contributed by atoms with Crippen molar-refractivity contribution in [1.82, 2.24) is 5.32 Å². The topological polar surface area (TPSA) is 75.7 Å². The van der Waals surface area contributed by atoms with E-state index in [9.17, 15) is 13.2 Å². The Bertz CT molecular complexity index is 1170. The summed E-state index contributed by atoms with van der Waals surface area (Å²) in [6.07, 6.45) is 1.59. The van der Waals surface area contributed by atoms with Crippen LogP contribution in [0.3, 0.4) is 0 Å². The van der Waals surface area contributed by atoms with E-state index in [1.54, 1.807) is 48.5 Å². The minimum atomic E-state index is -3.67. The van der Waals surface area contributed by atoms with Gasteiger partial charge in [-0.25, -0.2) is 8.42 Å². The predicted octanol–water partition coefficient (Wildman–Crippen LogP) is 4.58. The molecule has 3 rings (SSSR count). The zero-order chi connectivity index (χ0) is 23.8. The Morgan fingerprint density at radius 3 is 2.30 bits per heavy atom. The molecular weight excluding hydrogens is 436 g/mol. The third kappa shape index (κ3) is 6.14. The molecule has 3 aromatic carbocycles. The van der Waals surface area contributed by atoms with Crippen LogP contribution in [0.5, 0.6) is 5.75 Å². The molecule has 0 heterocycles. The van der Waals surface area contributed by atoms with Gasteiger partial charge >= 0.3 is 0 Å². The van der Waals surface area contributed by atoms with Crippen LogP contribution in [0, 0.1) is 6.92 Å². The molecule has 0 atom stereocenters. The van der Waals surface area contributed by atoms with Crippen molar-refractivity contribution < 1.29 is 17.9 Å². The first kappa shape index (κ1) is 24.3. The standard InChI is InChI=1S/C26H30N2O4S/c1-4-32-25-10-6-5-8-21(25)9-7-19-27-26(29)22-13-15-23(16-14-22)28(3)33(30,31)24-17-11-20(2)12-18-24/h5-6,8,10-18H,4,7,9,19H2,1-3H3,(H,27,29). The Morgan fingerprint density at radius 2 is 1.64 bits per heavy atom. The van der Waals surface area contributed by atoms with Crippen molar-refractivity contribution in [2.75, 3.05) is 24.5 Å². The van der Waals surface area contributed by atoms with E-state index in [1.807, 2.05) is 38.1 Å². The van der Waals surface area contributed by atoms with E-state index in [0.29, 0.717) is 24.4 Å². The quantitative estimate of drug-likeness (QED) is 0.444. The lowest BCUT2D eigenvalue weighted by atomic mass is 10.1. The molecule has 0 aliphatic rings. The summed E-state index contributed by atoms with van der Waals surface area (Å²) in [5.41, 5.74) is 3.08. The number of amides is 1. The highest BCUT2D eigenvalue weighted by atomic mass is 32.2. The average molecular weight is 467 g/mol. The summed E-state index contributed by atoms with van der Waals surface area (Å²) in [5.74, 6) is 0.690. The van der Waals surface area contributed by atoms with Gasteiger partial charge in [-0.2, -0.15) is 0 Å². The smallest absolute Gasteiger partial charge is 0.264 e. The number of aryl methyl sites for hydroxylation is 2. The molecule has 6 nitrogen and oxygen atoms in total. The fourth-order valence-corrected chi connectivity index (χ4v) is 4.61. The SMILES string of the molecule is CCOc1ccccc1CCCNC(=O)c1ccc(N(C)S(=O)(=O)c2ccc(C)cc2)cc1. The van der Waals surface area contributed by atoms with E-state index in [0.717, 1.165) is 29.7 Å². The number of rotatable bonds is 10. The Hall–Kier alpha value is -3.32. The predicted molar refractivity (Wildman–Crippen MR) is 131 cm³/mol. The van der Waals surface area contributed by atoms with Crippen LogP contribution >= 0.6 is 0 Å². The molecule has 7 heteroatoms. The molecular formula is C26H30N2O4S. The van der Waals surface area contributed by atoms with E-state index in [4.69, 9.17) is 4.74 Å². The van der Waals surface area contributed by atoms with Gasteiger partial charge in [-0.15, -0.1) is 0 Å². The number of nitrogens with one attached hydrogen (secondary N) is 1. The first-order chi connectivity index (χ1) is 15.8. The highest BCUT2D eigenvalue weighted by molar-refractivity contribution is 7.92. The number of anilines is 1. The summed E-state index contributed by atoms with van der Waals surface area (Å²) < 4.78 is 32.6. The lowest BCUT2D eigenvalue weighted by molar-refractivity contribution is 0.0953. The maximum Gasteiger partial charge on any atom is 0.264 e. The van der Waals surface area contributed by atoms with Gasteiger partial charge in [-0.3, -0.25) is 9.10 Å². The molecule has 0 saturated heterocycles. The van der Waals surface area contributed by atoms with Crippen molar-refractivity contribution in [1.29, 1.82) is 0 Å². The molecule has 0 bridgehead atoms. The molecule has 1 amide bonds.